The Morgan fingerprint density at radius 1 is 0.952 bits per heavy atom. The molecule has 3 nitrogen and oxygen atoms in total. The van der Waals surface area contributed by atoms with Crippen LogP contribution in [-0.4, -0.2) is 14.2 Å². The van der Waals surface area contributed by atoms with Crippen LogP contribution < -0.4 is 10.1 Å². The number of rotatable bonds is 7. The zero-order valence-corrected chi connectivity index (χ0v) is 13.9. The lowest BCUT2D eigenvalue weighted by atomic mass is 10.1. The van der Waals surface area contributed by atoms with E-state index >= 15 is 0 Å². The summed E-state index contributed by atoms with van der Waals surface area (Å²) in [5.74, 6) is 0.899. The molecule has 0 aliphatic rings. The van der Waals surface area contributed by atoms with Crippen LogP contribution >= 0.6 is 15.9 Å². The smallest absolute Gasteiger partial charge is 0.123 e. The van der Waals surface area contributed by atoms with E-state index in [2.05, 4.69) is 45.5 Å². The van der Waals surface area contributed by atoms with E-state index < -0.39 is 0 Å². The first kappa shape index (κ1) is 16.0. The van der Waals surface area contributed by atoms with Crippen LogP contribution in [0.5, 0.6) is 5.75 Å². The molecule has 0 unspecified atom stereocenters. The lowest BCUT2D eigenvalue weighted by Gasteiger charge is -2.12. The van der Waals surface area contributed by atoms with E-state index in [1.165, 1.54) is 11.1 Å². The molecule has 2 rings (SSSR count). The quantitative estimate of drug-likeness (QED) is 0.822. The minimum Gasteiger partial charge on any atom is -0.496 e. The number of ether oxygens (including phenoxy) is 2. The molecular formula is C17H20BrNO2. The van der Waals surface area contributed by atoms with E-state index in [0.717, 1.165) is 28.9 Å². The summed E-state index contributed by atoms with van der Waals surface area (Å²) in [5.41, 5.74) is 3.61. The van der Waals surface area contributed by atoms with E-state index in [9.17, 15) is 0 Å². The molecule has 0 saturated carbocycles. The van der Waals surface area contributed by atoms with Gasteiger partial charge in [-0.15, -0.1) is 0 Å². The monoisotopic (exact) mass is 349 g/mol. The van der Waals surface area contributed by atoms with Gasteiger partial charge in [-0.2, -0.15) is 0 Å². The molecule has 112 valence electrons. The van der Waals surface area contributed by atoms with Crippen LogP contribution in [0.15, 0.2) is 46.9 Å². The van der Waals surface area contributed by atoms with Gasteiger partial charge in [-0.3, -0.25) is 0 Å². The van der Waals surface area contributed by atoms with Crippen molar-refractivity contribution >= 4 is 15.9 Å². The van der Waals surface area contributed by atoms with Crippen LogP contribution in [0.4, 0.5) is 0 Å². The van der Waals surface area contributed by atoms with E-state index in [1.807, 2.05) is 18.2 Å². The Morgan fingerprint density at radius 2 is 1.67 bits per heavy atom. The number of nitrogens with one attached hydrogen (secondary N) is 1. The summed E-state index contributed by atoms with van der Waals surface area (Å²) in [6.07, 6.45) is 0. The number of benzene rings is 2. The number of hydrogen-bond donors (Lipinski definition) is 1. The normalized spacial score (nSPS) is 10.6. The Balaban J connectivity index is 2.00. The fourth-order valence-electron chi connectivity index (χ4n) is 2.24. The lowest BCUT2D eigenvalue weighted by Crippen LogP contribution is -2.14. The van der Waals surface area contributed by atoms with Crippen LogP contribution in [-0.2, 0) is 24.4 Å². The Labute approximate surface area is 134 Å². The minimum absolute atomic E-state index is 0.637. The highest BCUT2D eigenvalue weighted by atomic mass is 79.9. The van der Waals surface area contributed by atoms with Crippen LogP contribution in [0.1, 0.15) is 16.7 Å². The van der Waals surface area contributed by atoms with Crippen molar-refractivity contribution in [3.05, 3.63) is 63.6 Å². The van der Waals surface area contributed by atoms with Crippen LogP contribution in [0, 0.1) is 0 Å². The average molecular weight is 350 g/mol. The van der Waals surface area contributed by atoms with Crippen molar-refractivity contribution in [2.75, 3.05) is 14.2 Å². The predicted molar refractivity (Wildman–Crippen MR) is 88.4 cm³/mol. The Morgan fingerprint density at radius 3 is 2.38 bits per heavy atom. The largest absolute Gasteiger partial charge is 0.496 e. The van der Waals surface area contributed by atoms with Gasteiger partial charge < -0.3 is 14.8 Å². The van der Waals surface area contributed by atoms with Gasteiger partial charge in [0, 0.05) is 30.2 Å². The van der Waals surface area contributed by atoms with Crippen molar-refractivity contribution in [1.29, 1.82) is 0 Å². The molecule has 0 aliphatic carbocycles. The summed E-state index contributed by atoms with van der Waals surface area (Å²) in [7, 11) is 3.41. The first-order valence-corrected chi connectivity index (χ1v) is 7.62. The third-order valence-corrected chi connectivity index (χ3v) is 3.78. The second-order valence-corrected chi connectivity index (χ2v) is 5.68. The molecule has 0 atom stereocenters. The Bertz CT molecular complexity index is 587. The average Bonchev–Trinajstić information content (AvgIpc) is 2.49. The van der Waals surface area contributed by atoms with Crippen molar-refractivity contribution < 1.29 is 9.47 Å². The standard InChI is InChI=1S/C17H20BrNO2/c1-20-12-14-6-4-3-5-13(14)10-19-11-15-9-16(18)7-8-17(15)21-2/h3-9,19H,10-12H2,1-2H3. The zero-order valence-electron chi connectivity index (χ0n) is 12.4. The van der Waals surface area contributed by atoms with Gasteiger partial charge >= 0.3 is 0 Å². The van der Waals surface area contributed by atoms with Gasteiger partial charge in [0.15, 0.2) is 0 Å². The fourth-order valence-corrected chi connectivity index (χ4v) is 2.65. The molecule has 0 aliphatic heterocycles. The maximum absolute atomic E-state index is 5.38. The lowest BCUT2D eigenvalue weighted by molar-refractivity contribution is 0.184. The third kappa shape index (κ3) is 4.56. The molecule has 0 saturated heterocycles. The van der Waals surface area contributed by atoms with Gasteiger partial charge in [-0.1, -0.05) is 40.2 Å². The summed E-state index contributed by atoms with van der Waals surface area (Å²) in [6.45, 7) is 2.19. The van der Waals surface area contributed by atoms with Crippen LogP contribution in [0.2, 0.25) is 0 Å². The Kier molecular flexibility index (Phi) is 6.23. The second-order valence-electron chi connectivity index (χ2n) is 4.76. The highest BCUT2D eigenvalue weighted by Crippen LogP contribution is 2.23. The number of methoxy groups -OCH3 is 2. The SMILES string of the molecule is COCc1ccccc1CNCc1cc(Br)ccc1OC. The first-order chi connectivity index (χ1) is 10.2. The summed E-state index contributed by atoms with van der Waals surface area (Å²) < 4.78 is 11.7. The highest BCUT2D eigenvalue weighted by molar-refractivity contribution is 9.10. The predicted octanol–water partition coefficient (Wildman–Crippen LogP) is 3.89. The van der Waals surface area contributed by atoms with Gasteiger partial charge in [-0.05, 0) is 29.3 Å². The molecule has 1 N–H and O–H groups in total. The highest BCUT2D eigenvalue weighted by Gasteiger charge is 2.05. The minimum atomic E-state index is 0.637. The van der Waals surface area contributed by atoms with Crippen molar-refractivity contribution in [3.63, 3.8) is 0 Å². The van der Waals surface area contributed by atoms with Crippen molar-refractivity contribution in [2.45, 2.75) is 19.7 Å². The maximum atomic E-state index is 5.38. The summed E-state index contributed by atoms with van der Waals surface area (Å²) in [4.78, 5) is 0. The topological polar surface area (TPSA) is 30.5 Å². The molecule has 0 radical (unpaired) electrons. The molecule has 4 heteroatoms. The van der Waals surface area contributed by atoms with E-state index in [0.29, 0.717) is 6.61 Å². The van der Waals surface area contributed by atoms with Gasteiger partial charge in [0.1, 0.15) is 5.75 Å². The van der Waals surface area contributed by atoms with E-state index in [1.54, 1.807) is 14.2 Å². The number of halogens is 1. The summed E-state index contributed by atoms with van der Waals surface area (Å²) in [5, 5.41) is 3.46. The number of hydrogen-bond acceptors (Lipinski definition) is 3. The molecular weight excluding hydrogens is 330 g/mol. The van der Waals surface area contributed by atoms with E-state index in [-0.39, 0.29) is 0 Å². The molecule has 0 amide bonds. The summed E-state index contributed by atoms with van der Waals surface area (Å²) in [6, 6.07) is 14.3. The first-order valence-electron chi connectivity index (χ1n) is 6.83. The van der Waals surface area contributed by atoms with Gasteiger partial charge in [0.05, 0.1) is 13.7 Å². The molecule has 0 fully saturated rings. The van der Waals surface area contributed by atoms with Gasteiger partial charge in [-0.25, -0.2) is 0 Å². The van der Waals surface area contributed by atoms with Gasteiger partial charge in [0.2, 0.25) is 0 Å². The molecule has 21 heavy (non-hydrogen) atoms. The summed E-state index contributed by atoms with van der Waals surface area (Å²) >= 11 is 3.49. The molecule has 0 heterocycles. The molecule has 2 aromatic carbocycles. The molecule has 0 spiro atoms. The van der Waals surface area contributed by atoms with E-state index in [4.69, 9.17) is 9.47 Å². The second kappa shape index (κ2) is 8.17. The Hall–Kier alpha value is -1.36. The van der Waals surface area contributed by atoms with Crippen molar-refractivity contribution in [2.24, 2.45) is 0 Å². The zero-order chi connectivity index (χ0) is 15.1. The van der Waals surface area contributed by atoms with Crippen LogP contribution in [0.3, 0.4) is 0 Å². The van der Waals surface area contributed by atoms with Crippen molar-refractivity contribution in [3.8, 4) is 5.75 Å². The van der Waals surface area contributed by atoms with Crippen LogP contribution in [0.25, 0.3) is 0 Å². The maximum Gasteiger partial charge on any atom is 0.123 e. The molecule has 0 aromatic heterocycles. The fraction of sp³-hybridized carbons (Fsp3) is 0.294. The van der Waals surface area contributed by atoms with Crippen molar-refractivity contribution in [1.82, 2.24) is 5.32 Å². The third-order valence-electron chi connectivity index (χ3n) is 3.29. The molecule has 0 bridgehead atoms. The van der Waals surface area contributed by atoms with Gasteiger partial charge in [0.25, 0.3) is 0 Å². The molecule has 2 aromatic rings.